The van der Waals surface area contributed by atoms with Crippen molar-refractivity contribution in [1.29, 1.82) is 5.26 Å². The summed E-state index contributed by atoms with van der Waals surface area (Å²) in [6, 6.07) is 2.13. The highest BCUT2D eigenvalue weighted by molar-refractivity contribution is 4.72. The molecule has 1 fully saturated rings. The summed E-state index contributed by atoms with van der Waals surface area (Å²) in [5.74, 6) is 0.315. The summed E-state index contributed by atoms with van der Waals surface area (Å²) in [6.45, 7) is 3.47. The summed E-state index contributed by atoms with van der Waals surface area (Å²) in [5.41, 5.74) is 0. The van der Waals surface area contributed by atoms with Gasteiger partial charge in [0.25, 0.3) is 0 Å². The minimum atomic E-state index is -0.0186. The van der Waals surface area contributed by atoms with Crippen LogP contribution in [0.25, 0.3) is 0 Å². The van der Waals surface area contributed by atoms with Crippen molar-refractivity contribution in [1.82, 2.24) is 0 Å². The molecule has 1 heterocycles. The second-order valence-corrected chi connectivity index (χ2v) is 3.60. The van der Waals surface area contributed by atoms with E-state index < -0.39 is 0 Å². The van der Waals surface area contributed by atoms with Gasteiger partial charge in [0.1, 0.15) is 0 Å². The van der Waals surface area contributed by atoms with Crippen molar-refractivity contribution in [3.63, 3.8) is 0 Å². The summed E-state index contributed by atoms with van der Waals surface area (Å²) in [4.78, 5) is 0. The van der Waals surface area contributed by atoms with Crippen molar-refractivity contribution >= 4 is 0 Å². The number of nitriles is 1. The summed E-state index contributed by atoms with van der Waals surface area (Å²) in [7, 11) is 0. The molecule has 0 saturated carbocycles. The normalized spacial score (nSPS) is 25.1. The van der Waals surface area contributed by atoms with Crippen molar-refractivity contribution in [2.75, 3.05) is 13.2 Å². The van der Waals surface area contributed by atoms with Gasteiger partial charge in [-0.2, -0.15) is 5.26 Å². The van der Waals surface area contributed by atoms with Gasteiger partial charge in [-0.15, -0.1) is 0 Å². The molecule has 0 radical (unpaired) electrons. The second-order valence-electron chi connectivity index (χ2n) is 3.60. The summed E-state index contributed by atoms with van der Waals surface area (Å²) in [5, 5.41) is 8.44. The highest BCUT2D eigenvalue weighted by Gasteiger charge is 2.14. The van der Waals surface area contributed by atoms with E-state index in [1.165, 1.54) is 6.42 Å². The minimum Gasteiger partial charge on any atom is -0.353 e. The molecule has 3 nitrogen and oxygen atoms in total. The van der Waals surface area contributed by atoms with Gasteiger partial charge in [0.05, 0.1) is 12.7 Å². The number of hydrogen-bond donors (Lipinski definition) is 0. The average Bonchev–Trinajstić information content (AvgIpc) is 2.17. The van der Waals surface area contributed by atoms with E-state index in [2.05, 4.69) is 6.07 Å². The van der Waals surface area contributed by atoms with Crippen LogP contribution in [0.2, 0.25) is 0 Å². The van der Waals surface area contributed by atoms with Crippen LogP contribution in [0, 0.1) is 17.2 Å². The third-order valence-corrected chi connectivity index (χ3v) is 2.14. The molecule has 2 atom stereocenters. The molecular formula is C10H17NO2. The van der Waals surface area contributed by atoms with Crippen molar-refractivity contribution in [2.24, 2.45) is 5.92 Å². The first kappa shape index (κ1) is 10.5. The molecule has 0 aromatic carbocycles. The maximum atomic E-state index is 8.44. The lowest BCUT2D eigenvalue weighted by Crippen LogP contribution is -2.24. The Labute approximate surface area is 79.6 Å². The Morgan fingerprint density at radius 2 is 2.46 bits per heavy atom. The highest BCUT2D eigenvalue weighted by Crippen LogP contribution is 2.15. The Kier molecular flexibility index (Phi) is 4.81. The molecule has 1 aliphatic rings. The van der Waals surface area contributed by atoms with Crippen LogP contribution < -0.4 is 0 Å². The van der Waals surface area contributed by atoms with Crippen LogP contribution in [-0.2, 0) is 9.47 Å². The predicted octanol–water partition coefficient (Wildman–Crippen LogP) is 2.08. The molecular weight excluding hydrogens is 166 g/mol. The van der Waals surface area contributed by atoms with Gasteiger partial charge in [0.2, 0.25) is 0 Å². The first-order chi connectivity index (χ1) is 6.33. The van der Waals surface area contributed by atoms with Gasteiger partial charge in [-0.1, -0.05) is 6.92 Å². The fourth-order valence-electron chi connectivity index (χ4n) is 1.33. The fraction of sp³-hybridized carbons (Fsp3) is 0.900. The van der Waals surface area contributed by atoms with Crippen molar-refractivity contribution < 1.29 is 9.47 Å². The third kappa shape index (κ3) is 4.25. The molecule has 74 valence electrons. The second kappa shape index (κ2) is 5.95. The smallest absolute Gasteiger partial charge is 0.157 e. The van der Waals surface area contributed by atoms with E-state index >= 15 is 0 Å². The van der Waals surface area contributed by atoms with Crippen LogP contribution >= 0.6 is 0 Å². The molecule has 3 heteroatoms. The van der Waals surface area contributed by atoms with E-state index in [0.717, 1.165) is 19.4 Å². The Balaban J connectivity index is 2.07. The van der Waals surface area contributed by atoms with Crippen LogP contribution in [0.15, 0.2) is 0 Å². The van der Waals surface area contributed by atoms with E-state index in [1.807, 2.05) is 6.92 Å². The maximum absolute atomic E-state index is 8.44. The molecule has 0 spiro atoms. The quantitative estimate of drug-likeness (QED) is 0.670. The molecule has 13 heavy (non-hydrogen) atoms. The van der Waals surface area contributed by atoms with E-state index in [9.17, 15) is 0 Å². The Morgan fingerprint density at radius 3 is 3.08 bits per heavy atom. The first-order valence-electron chi connectivity index (χ1n) is 4.93. The zero-order chi connectivity index (χ0) is 9.52. The van der Waals surface area contributed by atoms with Crippen LogP contribution in [0.3, 0.4) is 0 Å². The largest absolute Gasteiger partial charge is 0.353 e. The van der Waals surface area contributed by atoms with E-state index in [0.29, 0.717) is 18.9 Å². The number of nitrogens with zero attached hydrogens (tertiary/aromatic N) is 1. The van der Waals surface area contributed by atoms with Gasteiger partial charge in [0.15, 0.2) is 6.29 Å². The lowest BCUT2D eigenvalue weighted by Gasteiger charge is -2.23. The molecule has 0 aliphatic carbocycles. The standard InChI is InChI=1S/C10H17NO2/c1-9(5-6-11)8-13-10-4-2-3-7-12-10/h9-10H,2-5,7-8H2,1H3. The van der Waals surface area contributed by atoms with Crippen molar-refractivity contribution in [2.45, 2.75) is 38.9 Å². The summed E-state index contributed by atoms with van der Waals surface area (Å²) < 4.78 is 10.9. The molecule has 0 N–H and O–H groups in total. The molecule has 1 saturated heterocycles. The van der Waals surface area contributed by atoms with Gasteiger partial charge < -0.3 is 9.47 Å². The molecule has 1 rings (SSSR count). The Bertz CT molecular complexity index is 170. The molecule has 0 bridgehead atoms. The number of hydrogen-bond acceptors (Lipinski definition) is 3. The van der Waals surface area contributed by atoms with Gasteiger partial charge in [0, 0.05) is 13.0 Å². The maximum Gasteiger partial charge on any atom is 0.157 e. The SMILES string of the molecule is CC(CC#N)COC1CCCCO1. The van der Waals surface area contributed by atoms with Gasteiger partial charge in [-0.25, -0.2) is 0 Å². The summed E-state index contributed by atoms with van der Waals surface area (Å²) >= 11 is 0. The van der Waals surface area contributed by atoms with Gasteiger partial charge in [-0.05, 0) is 25.2 Å². The van der Waals surface area contributed by atoms with Crippen molar-refractivity contribution in [3.8, 4) is 6.07 Å². The van der Waals surface area contributed by atoms with Crippen LogP contribution in [0.5, 0.6) is 0 Å². The zero-order valence-corrected chi connectivity index (χ0v) is 8.16. The molecule has 0 aromatic heterocycles. The lowest BCUT2D eigenvalue weighted by atomic mass is 10.1. The highest BCUT2D eigenvalue weighted by atomic mass is 16.7. The molecule has 0 amide bonds. The molecule has 1 aliphatic heterocycles. The number of rotatable bonds is 4. The Hall–Kier alpha value is -0.590. The van der Waals surface area contributed by atoms with Crippen molar-refractivity contribution in [3.05, 3.63) is 0 Å². The fourth-order valence-corrected chi connectivity index (χ4v) is 1.33. The topological polar surface area (TPSA) is 42.2 Å². The third-order valence-electron chi connectivity index (χ3n) is 2.14. The predicted molar refractivity (Wildman–Crippen MR) is 48.9 cm³/mol. The summed E-state index contributed by atoms with van der Waals surface area (Å²) in [6.07, 6.45) is 3.88. The average molecular weight is 183 g/mol. The number of ether oxygens (including phenoxy) is 2. The first-order valence-corrected chi connectivity index (χ1v) is 4.93. The van der Waals surface area contributed by atoms with Crippen LogP contribution in [0.1, 0.15) is 32.6 Å². The lowest BCUT2D eigenvalue weighted by molar-refractivity contribution is -0.167. The van der Waals surface area contributed by atoms with E-state index in [4.69, 9.17) is 14.7 Å². The Morgan fingerprint density at radius 1 is 1.62 bits per heavy atom. The van der Waals surface area contributed by atoms with Crippen LogP contribution in [0.4, 0.5) is 0 Å². The van der Waals surface area contributed by atoms with Gasteiger partial charge >= 0.3 is 0 Å². The molecule has 2 unspecified atom stereocenters. The van der Waals surface area contributed by atoms with Gasteiger partial charge in [-0.3, -0.25) is 0 Å². The zero-order valence-electron chi connectivity index (χ0n) is 8.16. The van der Waals surface area contributed by atoms with E-state index in [-0.39, 0.29) is 6.29 Å². The monoisotopic (exact) mass is 183 g/mol. The molecule has 0 aromatic rings. The van der Waals surface area contributed by atoms with E-state index in [1.54, 1.807) is 0 Å². The van der Waals surface area contributed by atoms with Crippen LogP contribution in [-0.4, -0.2) is 19.5 Å². The minimum absolute atomic E-state index is 0.0186.